The highest BCUT2D eigenvalue weighted by molar-refractivity contribution is 5.76. The van der Waals surface area contributed by atoms with E-state index in [1.165, 1.54) is 20.1 Å². The molecule has 2 N–H and O–H groups in total. The van der Waals surface area contributed by atoms with Crippen LogP contribution in [-0.4, -0.2) is 46.9 Å². The van der Waals surface area contributed by atoms with Crippen molar-refractivity contribution in [3.05, 3.63) is 81.9 Å². The number of halogens is 9. The number of aryl methyl sites for hydroxylation is 1. The fourth-order valence-corrected chi connectivity index (χ4v) is 6.41. The monoisotopic (exact) mass is 735 g/mol. The van der Waals surface area contributed by atoms with Gasteiger partial charge in [0.1, 0.15) is 11.5 Å². The SMILES string of the molecule is COc1cc(C)c(OCCCC(=O)O)cc1-c1ccc(C(F)(F)F)cc1CN(C1CCCC1)[C@@H](C)[C@H](O)c1cc(C(F)(F)F)cc(C(F)(F)F)c1. The summed E-state index contributed by atoms with van der Waals surface area (Å²) in [4.78, 5) is 12.6. The van der Waals surface area contributed by atoms with E-state index in [9.17, 15) is 49.4 Å². The quantitative estimate of drug-likeness (QED) is 0.135. The highest BCUT2D eigenvalue weighted by Crippen LogP contribution is 2.43. The summed E-state index contributed by atoms with van der Waals surface area (Å²) >= 11 is 0. The number of benzene rings is 3. The lowest BCUT2D eigenvalue weighted by molar-refractivity contribution is -0.143. The third kappa shape index (κ3) is 9.88. The topological polar surface area (TPSA) is 79.2 Å². The molecule has 3 aromatic rings. The lowest BCUT2D eigenvalue weighted by Crippen LogP contribution is -2.43. The maximum absolute atomic E-state index is 14.1. The maximum atomic E-state index is 14.1. The molecule has 1 aliphatic rings. The third-order valence-corrected chi connectivity index (χ3v) is 9.09. The van der Waals surface area contributed by atoms with Gasteiger partial charge < -0.3 is 19.7 Å². The molecule has 2 atom stereocenters. The minimum Gasteiger partial charge on any atom is -0.496 e. The van der Waals surface area contributed by atoms with Gasteiger partial charge in [-0.3, -0.25) is 9.69 Å². The van der Waals surface area contributed by atoms with Crippen LogP contribution in [0, 0.1) is 6.92 Å². The second kappa shape index (κ2) is 15.7. The molecule has 0 spiro atoms. The molecule has 0 amide bonds. The van der Waals surface area contributed by atoms with Crippen molar-refractivity contribution in [1.82, 2.24) is 4.90 Å². The Kier molecular flexibility index (Phi) is 12.3. The molecule has 1 fully saturated rings. The number of aliphatic carboxylic acids is 1. The first-order valence-corrected chi connectivity index (χ1v) is 16.2. The second-order valence-electron chi connectivity index (χ2n) is 12.7. The van der Waals surface area contributed by atoms with Gasteiger partial charge >= 0.3 is 24.5 Å². The van der Waals surface area contributed by atoms with Gasteiger partial charge in [0.2, 0.25) is 0 Å². The molecule has 0 unspecified atom stereocenters. The summed E-state index contributed by atoms with van der Waals surface area (Å²) in [6.07, 6.45) is -14.4. The van der Waals surface area contributed by atoms with E-state index in [1.54, 1.807) is 24.0 Å². The third-order valence-electron chi connectivity index (χ3n) is 9.09. The zero-order chi connectivity index (χ0) is 37.9. The fraction of sp³-hybridized carbons (Fsp3) is 0.472. The van der Waals surface area contributed by atoms with Gasteiger partial charge in [-0.2, -0.15) is 39.5 Å². The average molecular weight is 736 g/mol. The molecule has 3 aromatic carbocycles. The number of methoxy groups -OCH3 is 1. The van der Waals surface area contributed by atoms with E-state index in [2.05, 4.69) is 0 Å². The number of nitrogens with zero attached hydrogens (tertiary/aromatic N) is 1. The summed E-state index contributed by atoms with van der Waals surface area (Å²) in [6, 6.07) is 5.57. The van der Waals surface area contributed by atoms with Crippen molar-refractivity contribution in [2.75, 3.05) is 13.7 Å². The molecule has 0 radical (unpaired) electrons. The number of carboxylic acid groups (broad SMARTS) is 1. The van der Waals surface area contributed by atoms with Gasteiger partial charge in [0.15, 0.2) is 0 Å². The molecule has 0 aliphatic heterocycles. The van der Waals surface area contributed by atoms with Crippen LogP contribution in [0.2, 0.25) is 0 Å². The van der Waals surface area contributed by atoms with Gasteiger partial charge in [-0.05, 0) is 97.8 Å². The molecule has 0 heterocycles. The predicted molar refractivity (Wildman–Crippen MR) is 169 cm³/mol. The minimum absolute atomic E-state index is 0.0369. The van der Waals surface area contributed by atoms with Crippen LogP contribution in [0.1, 0.15) is 84.9 Å². The molecule has 51 heavy (non-hydrogen) atoms. The molecule has 1 saturated carbocycles. The lowest BCUT2D eigenvalue weighted by Gasteiger charge is -2.38. The van der Waals surface area contributed by atoms with E-state index in [4.69, 9.17) is 14.6 Å². The van der Waals surface area contributed by atoms with Crippen molar-refractivity contribution in [2.45, 2.75) is 95.6 Å². The largest absolute Gasteiger partial charge is 0.496 e. The van der Waals surface area contributed by atoms with Crippen LogP contribution in [0.25, 0.3) is 11.1 Å². The first-order valence-electron chi connectivity index (χ1n) is 16.2. The number of hydrogen-bond acceptors (Lipinski definition) is 5. The van der Waals surface area contributed by atoms with Gasteiger partial charge in [0.25, 0.3) is 0 Å². The molecule has 1 aliphatic carbocycles. The Morgan fingerprint density at radius 1 is 0.843 bits per heavy atom. The van der Waals surface area contributed by atoms with Crippen molar-refractivity contribution in [3.8, 4) is 22.6 Å². The lowest BCUT2D eigenvalue weighted by atomic mass is 9.92. The Morgan fingerprint density at radius 2 is 1.43 bits per heavy atom. The van der Waals surface area contributed by atoms with Gasteiger partial charge in [-0.15, -0.1) is 0 Å². The Balaban J connectivity index is 1.82. The zero-order valence-corrected chi connectivity index (χ0v) is 28.0. The Labute approximate surface area is 288 Å². The van der Waals surface area contributed by atoms with Gasteiger partial charge in [-0.1, -0.05) is 18.9 Å². The van der Waals surface area contributed by atoms with E-state index in [0.717, 1.165) is 25.0 Å². The van der Waals surface area contributed by atoms with Crippen LogP contribution in [-0.2, 0) is 29.9 Å². The number of aliphatic hydroxyl groups excluding tert-OH is 1. The molecular formula is C36H38F9NO5. The Hall–Kier alpha value is -3.98. The van der Waals surface area contributed by atoms with E-state index in [-0.39, 0.29) is 55.0 Å². The van der Waals surface area contributed by atoms with Gasteiger partial charge in [0.05, 0.1) is 36.5 Å². The van der Waals surface area contributed by atoms with E-state index < -0.39 is 58.9 Å². The number of carbonyl (C=O) groups is 1. The summed E-state index contributed by atoms with van der Waals surface area (Å²) in [7, 11) is 1.36. The smallest absolute Gasteiger partial charge is 0.416 e. The Bertz CT molecular complexity index is 1650. The average Bonchev–Trinajstić information content (AvgIpc) is 3.58. The van der Waals surface area contributed by atoms with Crippen LogP contribution in [0.3, 0.4) is 0 Å². The highest BCUT2D eigenvalue weighted by Gasteiger charge is 2.39. The molecule has 4 rings (SSSR count). The summed E-state index contributed by atoms with van der Waals surface area (Å²) < 4.78 is 136. The van der Waals surface area contributed by atoms with Crippen LogP contribution < -0.4 is 9.47 Å². The summed E-state index contributed by atoms with van der Waals surface area (Å²) in [5.74, 6) is -0.417. The molecule has 0 bridgehead atoms. The number of hydrogen-bond donors (Lipinski definition) is 2. The standard InChI is InChI=1S/C36H38F9NO5/c1-20-13-31(50-3)29(18-30(20)51-12-6-9-32(47)48)28-11-10-24(34(37,38)39)16-23(28)19-46(27-7-4-5-8-27)21(2)33(49)22-14-25(35(40,41)42)17-26(15-22)36(43,44)45/h10-11,13-18,21,27,33,49H,4-9,12,19H2,1-3H3,(H,47,48)/t21-,33-/m0/s1. The van der Waals surface area contributed by atoms with E-state index in [0.29, 0.717) is 41.9 Å². The number of carboxylic acids is 1. The summed E-state index contributed by atoms with van der Waals surface area (Å²) in [5, 5.41) is 20.4. The van der Waals surface area contributed by atoms with Crippen LogP contribution in [0.5, 0.6) is 11.5 Å². The van der Waals surface area contributed by atoms with Crippen molar-refractivity contribution in [2.24, 2.45) is 0 Å². The number of ether oxygens (including phenoxy) is 2. The second-order valence-corrected chi connectivity index (χ2v) is 12.7. The number of aliphatic hydroxyl groups is 1. The van der Waals surface area contributed by atoms with Crippen LogP contribution >= 0.6 is 0 Å². The molecule has 15 heteroatoms. The zero-order valence-electron chi connectivity index (χ0n) is 28.0. The van der Waals surface area contributed by atoms with Crippen LogP contribution in [0.4, 0.5) is 39.5 Å². The van der Waals surface area contributed by atoms with Crippen LogP contribution in [0.15, 0.2) is 48.5 Å². The molecule has 280 valence electrons. The first kappa shape index (κ1) is 39.8. The number of alkyl halides is 9. The molecular weight excluding hydrogens is 697 g/mol. The van der Waals surface area contributed by atoms with Crippen molar-refractivity contribution in [1.29, 1.82) is 0 Å². The summed E-state index contributed by atoms with van der Waals surface area (Å²) in [5.41, 5.74) is -3.52. The minimum atomic E-state index is -5.15. The van der Waals surface area contributed by atoms with Gasteiger partial charge in [-0.25, -0.2) is 0 Å². The molecule has 0 aromatic heterocycles. The highest BCUT2D eigenvalue weighted by atomic mass is 19.4. The van der Waals surface area contributed by atoms with Crippen molar-refractivity contribution >= 4 is 5.97 Å². The number of rotatable bonds is 13. The summed E-state index contributed by atoms with van der Waals surface area (Å²) in [6.45, 7) is 2.89. The van der Waals surface area contributed by atoms with E-state index >= 15 is 0 Å². The fourth-order valence-electron chi connectivity index (χ4n) is 6.41. The molecule has 6 nitrogen and oxygen atoms in total. The molecule has 0 saturated heterocycles. The normalized spacial score (nSPS) is 15.6. The first-order chi connectivity index (χ1) is 23.7. The van der Waals surface area contributed by atoms with E-state index in [1.807, 2.05) is 0 Å². The predicted octanol–water partition coefficient (Wildman–Crippen LogP) is 9.84. The van der Waals surface area contributed by atoms with Gasteiger partial charge in [0, 0.05) is 30.6 Å². The maximum Gasteiger partial charge on any atom is 0.416 e. The van der Waals surface area contributed by atoms with Crippen molar-refractivity contribution in [3.63, 3.8) is 0 Å². The Morgan fingerprint density at radius 3 is 1.96 bits per heavy atom. The van der Waals surface area contributed by atoms with Crippen molar-refractivity contribution < 1.29 is 64.0 Å².